The molecule has 7 heteroatoms. The van der Waals surface area contributed by atoms with E-state index in [-0.39, 0.29) is 24.5 Å². The van der Waals surface area contributed by atoms with Crippen LogP contribution >= 0.6 is 0 Å². The van der Waals surface area contributed by atoms with Gasteiger partial charge in [-0.1, -0.05) is 6.92 Å². The number of nitrogens with zero attached hydrogens (tertiary/aromatic N) is 3. The van der Waals surface area contributed by atoms with Crippen LogP contribution in [-0.2, 0) is 4.79 Å². The second-order valence-electron chi connectivity index (χ2n) is 6.73. The Labute approximate surface area is 147 Å². The summed E-state index contributed by atoms with van der Waals surface area (Å²) in [5.41, 5.74) is 0.576. The molecule has 4 rings (SSSR count). The quantitative estimate of drug-likeness (QED) is 0.805. The molecule has 0 aliphatic carbocycles. The molecule has 3 aliphatic rings. The molecule has 0 spiro atoms. The van der Waals surface area contributed by atoms with E-state index < -0.39 is 0 Å². The van der Waals surface area contributed by atoms with Crippen molar-refractivity contribution >= 4 is 11.8 Å². The fourth-order valence-corrected chi connectivity index (χ4v) is 3.56. The maximum absolute atomic E-state index is 12.6. The van der Waals surface area contributed by atoms with Crippen molar-refractivity contribution in [1.29, 1.82) is 0 Å². The molecular weight excluding hydrogens is 322 g/mol. The number of ether oxygens (including phenoxy) is 2. The van der Waals surface area contributed by atoms with Gasteiger partial charge < -0.3 is 24.2 Å². The van der Waals surface area contributed by atoms with Crippen LogP contribution in [0.1, 0.15) is 17.3 Å². The minimum absolute atomic E-state index is 0.0573. The molecule has 0 atom stereocenters. The van der Waals surface area contributed by atoms with Gasteiger partial charge in [-0.3, -0.25) is 9.59 Å². The third-order valence-corrected chi connectivity index (χ3v) is 5.27. The molecule has 3 heterocycles. The monoisotopic (exact) mass is 345 g/mol. The van der Waals surface area contributed by atoms with E-state index >= 15 is 0 Å². The summed E-state index contributed by atoms with van der Waals surface area (Å²) in [6.07, 6.45) is 0. The van der Waals surface area contributed by atoms with Crippen LogP contribution in [0.5, 0.6) is 11.5 Å². The van der Waals surface area contributed by atoms with E-state index in [1.807, 2.05) is 4.90 Å². The predicted molar refractivity (Wildman–Crippen MR) is 90.7 cm³/mol. The van der Waals surface area contributed by atoms with Crippen LogP contribution < -0.4 is 9.47 Å². The number of piperazine rings is 1. The molecule has 2 amide bonds. The number of amides is 2. The maximum Gasteiger partial charge on any atom is 0.254 e. The Balaban J connectivity index is 1.31. The van der Waals surface area contributed by atoms with Crippen LogP contribution in [-0.4, -0.2) is 79.1 Å². The van der Waals surface area contributed by atoms with Crippen molar-refractivity contribution in [3.8, 4) is 11.5 Å². The van der Waals surface area contributed by atoms with Crippen LogP contribution in [0, 0.1) is 5.92 Å². The van der Waals surface area contributed by atoms with E-state index in [2.05, 4.69) is 11.8 Å². The molecule has 0 aromatic heterocycles. The Bertz CT molecular complexity index is 679. The van der Waals surface area contributed by atoms with E-state index in [0.717, 1.165) is 32.7 Å². The number of likely N-dealkylation sites (N-methyl/N-ethyl adjacent to an activating group) is 1. The Morgan fingerprint density at radius 1 is 1.04 bits per heavy atom. The lowest BCUT2D eigenvalue weighted by atomic mass is 9.96. The summed E-state index contributed by atoms with van der Waals surface area (Å²) in [6.45, 7) is 7.83. The highest BCUT2D eigenvalue weighted by molar-refractivity contribution is 5.96. The molecule has 25 heavy (non-hydrogen) atoms. The van der Waals surface area contributed by atoms with Crippen LogP contribution in [0.2, 0.25) is 0 Å². The normalized spacial score (nSPS) is 20.5. The van der Waals surface area contributed by atoms with E-state index in [0.29, 0.717) is 30.2 Å². The molecule has 0 bridgehead atoms. The van der Waals surface area contributed by atoms with Gasteiger partial charge in [0, 0.05) is 44.8 Å². The first-order valence-electron chi connectivity index (χ1n) is 8.85. The Kier molecular flexibility index (Phi) is 4.25. The molecule has 2 fully saturated rings. The van der Waals surface area contributed by atoms with E-state index in [4.69, 9.17) is 9.47 Å². The minimum atomic E-state index is -0.0638. The zero-order valence-corrected chi connectivity index (χ0v) is 14.4. The molecule has 0 N–H and O–H groups in total. The van der Waals surface area contributed by atoms with Gasteiger partial charge in [-0.2, -0.15) is 0 Å². The average molecular weight is 345 g/mol. The predicted octanol–water partition coefficient (Wildman–Crippen LogP) is 0.651. The Hall–Kier alpha value is -2.28. The second-order valence-corrected chi connectivity index (χ2v) is 6.73. The number of fused-ring (bicyclic) bond motifs is 1. The molecule has 0 radical (unpaired) electrons. The first-order valence-corrected chi connectivity index (χ1v) is 8.85. The van der Waals surface area contributed by atoms with Gasteiger partial charge in [-0.25, -0.2) is 0 Å². The molecule has 0 unspecified atom stereocenters. The topological polar surface area (TPSA) is 62.3 Å². The number of benzene rings is 1. The van der Waals surface area contributed by atoms with Crippen molar-refractivity contribution in [3.05, 3.63) is 23.8 Å². The highest BCUT2D eigenvalue weighted by Crippen LogP contribution is 2.33. The molecule has 1 aromatic carbocycles. The van der Waals surface area contributed by atoms with Gasteiger partial charge in [-0.05, 0) is 24.7 Å². The third kappa shape index (κ3) is 3.04. The fourth-order valence-electron chi connectivity index (χ4n) is 3.56. The average Bonchev–Trinajstić information content (AvgIpc) is 3.08. The fraction of sp³-hybridized carbons (Fsp3) is 0.556. The highest BCUT2D eigenvalue weighted by Gasteiger charge is 2.39. The van der Waals surface area contributed by atoms with Crippen molar-refractivity contribution in [3.63, 3.8) is 0 Å². The lowest BCUT2D eigenvalue weighted by molar-refractivity contribution is -0.141. The van der Waals surface area contributed by atoms with Crippen molar-refractivity contribution in [1.82, 2.24) is 14.7 Å². The van der Waals surface area contributed by atoms with Crippen LogP contribution in [0.15, 0.2) is 18.2 Å². The van der Waals surface area contributed by atoms with E-state index in [9.17, 15) is 9.59 Å². The first-order chi connectivity index (χ1) is 12.2. The van der Waals surface area contributed by atoms with E-state index in [1.54, 1.807) is 23.1 Å². The zero-order chi connectivity index (χ0) is 17.4. The lowest BCUT2D eigenvalue weighted by Crippen LogP contribution is -2.59. The summed E-state index contributed by atoms with van der Waals surface area (Å²) < 4.78 is 10.6. The number of likely N-dealkylation sites (tertiary alicyclic amines) is 1. The largest absolute Gasteiger partial charge is 0.454 e. The molecule has 2 saturated heterocycles. The van der Waals surface area contributed by atoms with Gasteiger partial charge in [-0.15, -0.1) is 0 Å². The zero-order valence-electron chi connectivity index (χ0n) is 14.4. The van der Waals surface area contributed by atoms with Crippen LogP contribution in [0.4, 0.5) is 0 Å². The number of hydrogen-bond acceptors (Lipinski definition) is 5. The van der Waals surface area contributed by atoms with Crippen LogP contribution in [0.25, 0.3) is 0 Å². The second kappa shape index (κ2) is 6.55. The molecule has 134 valence electrons. The van der Waals surface area contributed by atoms with E-state index in [1.165, 1.54) is 0 Å². The van der Waals surface area contributed by atoms with Crippen molar-refractivity contribution < 1.29 is 19.1 Å². The Morgan fingerprint density at radius 3 is 2.48 bits per heavy atom. The van der Waals surface area contributed by atoms with Gasteiger partial charge in [0.25, 0.3) is 5.91 Å². The molecule has 7 nitrogen and oxygen atoms in total. The smallest absolute Gasteiger partial charge is 0.254 e. The molecule has 3 aliphatic heterocycles. The van der Waals surface area contributed by atoms with Gasteiger partial charge in [0.1, 0.15) is 0 Å². The van der Waals surface area contributed by atoms with Gasteiger partial charge in [0.05, 0.1) is 5.92 Å². The number of hydrogen-bond donors (Lipinski definition) is 0. The summed E-state index contributed by atoms with van der Waals surface area (Å²) in [4.78, 5) is 31.1. The molecule has 1 aromatic rings. The van der Waals surface area contributed by atoms with Gasteiger partial charge >= 0.3 is 0 Å². The highest BCUT2D eigenvalue weighted by atomic mass is 16.7. The summed E-state index contributed by atoms with van der Waals surface area (Å²) in [5, 5.41) is 0. The van der Waals surface area contributed by atoms with Crippen molar-refractivity contribution in [2.45, 2.75) is 6.92 Å². The molecule has 0 saturated carbocycles. The summed E-state index contributed by atoms with van der Waals surface area (Å²) in [6, 6.07) is 5.21. The standard InChI is InChI=1S/C18H23N3O4/c1-2-19-5-7-20(8-6-19)18(23)14-10-21(11-14)17(22)13-3-4-15-16(9-13)25-12-24-15/h3-4,9,14H,2,5-8,10-12H2,1H3. The first kappa shape index (κ1) is 16.2. The SMILES string of the molecule is CCN1CCN(C(=O)C2CN(C(=O)c3ccc4c(c3)OCO4)C2)CC1. The molecular formula is C18H23N3O4. The van der Waals surface area contributed by atoms with Crippen molar-refractivity contribution in [2.75, 3.05) is 52.6 Å². The summed E-state index contributed by atoms with van der Waals surface area (Å²) in [5.74, 6) is 1.34. The lowest BCUT2D eigenvalue weighted by Gasteiger charge is -2.42. The third-order valence-electron chi connectivity index (χ3n) is 5.27. The van der Waals surface area contributed by atoms with Gasteiger partial charge in [0.15, 0.2) is 11.5 Å². The summed E-state index contributed by atoms with van der Waals surface area (Å²) >= 11 is 0. The maximum atomic E-state index is 12.6. The van der Waals surface area contributed by atoms with Crippen LogP contribution in [0.3, 0.4) is 0 Å². The Morgan fingerprint density at radius 2 is 1.76 bits per heavy atom. The van der Waals surface area contributed by atoms with Gasteiger partial charge in [0.2, 0.25) is 12.7 Å². The number of carbonyl (C=O) groups is 2. The van der Waals surface area contributed by atoms with Crippen molar-refractivity contribution in [2.24, 2.45) is 5.92 Å². The number of rotatable bonds is 3. The minimum Gasteiger partial charge on any atom is -0.454 e. The number of carbonyl (C=O) groups excluding carboxylic acids is 2. The summed E-state index contributed by atoms with van der Waals surface area (Å²) in [7, 11) is 0.